The quantitative estimate of drug-likeness (QED) is 0.864. The van der Waals surface area contributed by atoms with Gasteiger partial charge in [0.2, 0.25) is 5.91 Å². The van der Waals surface area contributed by atoms with E-state index in [9.17, 15) is 13.2 Å². The Labute approximate surface area is 129 Å². The summed E-state index contributed by atoms with van der Waals surface area (Å²) in [6.45, 7) is 1.41. The molecule has 0 aromatic heterocycles. The molecule has 21 heavy (non-hydrogen) atoms. The summed E-state index contributed by atoms with van der Waals surface area (Å²) in [6, 6.07) is 4.92. The summed E-state index contributed by atoms with van der Waals surface area (Å²) in [6.07, 6.45) is 1.83. The molecule has 0 radical (unpaired) electrons. The molecule has 1 aliphatic rings. The van der Waals surface area contributed by atoms with Crippen LogP contribution in [0.1, 0.15) is 25.3 Å². The first-order valence-electron chi connectivity index (χ1n) is 6.68. The van der Waals surface area contributed by atoms with Crippen LogP contribution in [0.15, 0.2) is 18.2 Å². The maximum absolute atomic E-state index is 12.4. The number of methoxy groups -OCH3 is 1. The highest BCUT2D eigenvalue weighted by Crippen LogP contribution is 2.26. The zero-order chi connectivity index (χ0) is 15.6. The van der Waals surface area contributed by atoms with E-state index in [1.165, 1.54) is 14.0 Å². The Kier molecular flexibility index (Phi) is 4.78. The first-order valence-corrected chi connectivity index (χ1v) is 8.77. The second-order valence-electron chi connectivity index (χ2n) is 5.19. The van der Waals surface area contributed by atoms with Gasteiger partial charge in [0.15, 0.2) is 9.84 Å². The van der Waals surface area contributed by atoms with E-state index >= 15 is 0 Å². The first-order chi connectivity index (χ1) is 9.83. The molecular weight excluding hydrogens is 314 g/mol. The predicted molar refractivity (Wildman–Crippen MR) is 81.3 cm³/mol. The molecule has 1 amide bonds. The van der Waals surface area contributed by atoms with E-state index in [0.717, 1.165) is 12.8 Å². The Morgan fingerprint density at radius 1 is 1.48 bits per heavy atom. The number of rotatable bonds is 6. The van der Waals surface area contributed by atoms with Crippen molar-refractivity contribution < 1.29 is 17.9 Å². The van der Waals surface area contributed by atoms with E-state index in [2.05, 4.69) is 5.32 Å². The van der Waals surface area contributed by atoms with Crippen LogP contribution >= 0.6 is 11.6 Å². The Hall–Kier alpha value is -1.27. The summed E-state index contributed by atoms with van der Waals surface area (Å²) in [5.41, 5.74) is 0.455. The molecule has 1 atom stereocenters. The van der Waals surface area contributed by atoms with Gasteiger partial charge in [-0.1, -0.05) is 11.6 Å². The molecule has 0 aliphatic heterocycles. The zero-order valence-corrected chi connectivity index (χ0v) is 13.5. The van der Waals surface area contributed by atoms with Gasteiger partial charge in [-0.25, -0.2) is 8.42 Å². The summed E-state index contributed by atoms with van der Waals surface area (Å²) in [5, 5.41) is 2.04. The van der Waals surface area contributed by atoms with Gasteiger partial charge in [-0.15, -0.1) is 0 Å². The Bertz CT molecular complexity index is 640. The number of benzene rings is 1. The van der Waals surface area contributed by atoms with Crippen molar-refractivity contribution in [1.82, 2.24) is 5.32 Å². The molecule has 0 saturated heterocycles. The SMILES string of the molecule is COc1ccc(Cl)cc1CS(=O)(=O)[C@H](C)C(=O)NC1CC1. The molecule has 1 aliphatic carbocycles. The molecule has 0 spiro atoms. The van der Waals surface area contributed by atoms with Gasteiger partial charge in [0.25, 0.3) is 0 Å². The van der Waals surface area contributed by atoms with E-state index in [1.54, 1.807) is 18.2 Å². The van der Waals surface area contributed by atoms with Gasteiger partial charge in [-0.2, -0.15) is 0 Å². The molecule has 0 unspecified atom stereocenters. The number of nitrogens with one attached hydrogen (secondary N) is 1. The molecule has 1 saturated carbocycles. The van der Waals surface area contributed by atoms with Crippen LogP contribution in [-0.2, 0) is 20.4 Å². The maximum Gasteiger partial charge on any atom is 0.238 e. The third-order valence-electron chi connectivity index (χ3n) is 3.43. The van der Waals surface area contributed by atoms with E-state index in [-0.39, 0.29) is 11.8 Å². The minimum atomic E-state index is -3.63. The van der Waals surface area contributed by atoms with Gasteiger partial charge >= 0.3 is 0 Å². The molecule has 116 valence electrons. The van der Waals surface area contributed by atoms with E-state index < -0.39 is 21.0 Å². The van der Waals surface area contributed by atoms with Crippen molar-refractivity contribution in [1.29, 1.82) is 0 Å². The van der Waals surface area contributed by atoms with E-state index in [0.29, 0.717) is 16.3 Å². The van der Waals surface area contributed by atoms with Crippen LogP contribution in [0.25, 0.3) is 0 Å². The van der Waals surface area contributed by atoms with Gasteiger partial charge in [-0.05, 0) is 38.0 Å². The van der Waals surface area contributed by atoms with Crippen LogP contribution in [0.4, 0.5) is 0 Å². The van der Waals surface area contributed by atoms with Crippen molar-refractivity contribution in [3.8, 4) is 5.75 Å². The normalized spacial score (nSPS) is 16.3. The summed E-state index contributed by atoms with van der Waals surface area (Å²) in [7, 11) is -2.17. The van der Waals surface area contributed by atoms with Gasteiger partial charge in [-0.3, -0.25) is 4.79 Å². The number of carbonyl (C=O) groups excluding carboxylic acids is 1. The second kappa shape index (κ2) is 6.23. The van der Waals surface area contributed by atoms with Crippen LogP contribution in [0.3, 0.4) is 0 Å². The Morgan fingerprint density at radius 2 is 2.14 bits per heavy atom. The Balaban J connectivity index is 2.16. The highest BCUT2D eigenvalue weighted by molar-refractivity contribution is 7.92. The number of hydrogen-bond donors (Lipinski definition) is 1. The number of sulfone groups is 1. The van der Waals surface area contributed by atoms with Crippen LogP contribution < -0.4 is 10.1 Å². The van der Waals surface area contributed by atoms with Crippen LogP contribution in [0.5, 0.6) is 5.75 Å². The molecular formula is C14H18ClNO4S. The van der Waals surface area contributed by atoms with Crippen molar-refractivity contribution in [2.75, 3.05) is 7.11 Å². The minimum Gasteiger partial charge on any atom is -0.496 e. The van der Waals surface area contributed by atoms with Crippen LogP contribution in [0.2, 0.25) is 5.02 Å². The molecule has 1 aromatic carbocycles. The van der Waals surface area contributed by atoms with Gasteiger partial charge in [0.1, 0.15) is 11.0 Å². The Morgan fingerprint density at radius 3 is 2.71 bits per heavy atom. The van der Waals surface area contributed by atoms with Crippen molar-refractivity contribution in [2.45, 2.75) is 36.8 Å². The maximum atomic E-state index is 12.4. The molecule has 2 rings (SSSR count). The standard InChI is InChI=1S/C14H18ClNO4S/c1-9(14(17)16-12-4-5-12)21(18,19)8-10-7-11(15)3-6-13(10)20-2/h3,6-7,9,12H,4-5,8H2,1-2H3,(H,16,17)/t9-/m1/s1. The van der Waals surface area contributed by atoms with Gasteiger partial charge < -0.3 is 10.1 Å². The van der Waals surface area contributed by atoms with Crippen LogP contribution in [-0.4, -0.2) is 32.7 Å². The predicted octanol–water partition coefficient (Wildman–Crippen LogP) is 1.93. The van der Waals surface area contributed by atoms with Gasteiger partial charge in [0, 0.05) is 16.6 Å². The highest BCUT2D eigenvalue weighted by Gasteiger charge is 2.32. The lowest BCUT2D eigenvalue weighted by Gasteiger charge is -2.14. The third kappa shape index (κ3) is 4.11. The fourth-order valence-electron chi connectivity index (χ4n) is 1.91. The van der Waals surface area contributed by atoms with Crippen molar-refractivity contribution in [2.24, 2.45) is 0 Å². The van der Waals surface area contributed by atoms with E-state index in [1.807, 2.05) is 0 Å². The monoisotopic (exact) mass is 331 g/mol. The molecule has 5 nitrogen and oxygen atoms in total. The summed E-state index contributed by atoms with van der Waals surface area (Å²) < 4.78 is 29.9. The number of carbonyl (C=O) groups is 1. The number of ether oxygens (including phenoxy) is 1. The lowest BCUT2D eigenvalue weighted by Crippen LogP contribution is -2.39. The average Bonchev–Trinajstić information content (AvgIpc) is 3.21. The molecule has 1 fully saturated rings. The summed E-state index contributed by atoms with van der Waals surface area (Å²) in [5.74, 6) is -0.285. The molecule has 1 aromatic rings. The fourth-order valence-corrected chi connectivity index (χ4v) is 3.41. The lowest BCUT2D eigenvalue weighted by molar-refractivity contribution is -0.120. The second-order valence-corrected chi connectivity index (χ2v) is 7.95. The smallest absolute Gasteiger partial charge is 0.238 e. The molecule has 0 bridgehead atoms. The fraction of sp³-hybridized carbons (Fsp3) is 0.500. The van der Waals surface area contributed by atoms with Crippen LogP contribution in [0, 0.1) is 0 Å². The van der Waals surface area contributed by atoms with E-state index in [4.69, 9.17) is 16.3 Å². The third-order valence-corrected chi connectivity index (χ3v) is 5.67. The highest BCUT2D eigenvalue weighted by atomic mass is 35.5. The topological polar surface area (TPSA) is 72.5 Å². The first kappa shape index (κ1) is 16.1. The number of amides is 1. The minimum absolute atomic E-state index is 0.135. The average molecular weight is 332 g/mol. The summed E-state index contributed by atoms with van der Waals surface area (Å²) >= 11 is 5.89. The molecule has 1 N–H and O–H groups in total. The number of halogens is 1. The largest absolute Gasteiger partial charge is 0.496 e. The number of hydrogen-bond acceptors (Lipinski definition) is 4. The zero-order valence-electron chi connectivity index (χ0n) is 11.9. The lowest BCUT2D eigenvalue weighted by atomic mass is 10.2. The molecule has 7 heteroatoms. The van der Waals surface area contributed by atoms with Crippen molar-refractivity contribution >= 4 is 27.3 Å². The van der Waals surface area contributed by atoms with Crippen molar-refractivity contribution in [3.63, 3.8) is 0 Å². The van der Waals surface area contributed by atoms with Crippen molar-refractivity contribution in [3.05, 3.63) is 28.8 Å². The van der Waals surface area contributed by atoms with Gasteiger partial charge in [0.05, 0.1) is 12.9 Å². The summed E-state index contributed by atoms with van der Waals surface area (Å²) in [4.78, 5) is 11.9. The molecule has 0 heterocycles.